The molecule has 1 heterocycles. The number of para-hydroxylation sites is 1. The number of nitrogens with zero attached hydrogens (tertiary/aromatic N) is 2. The molecule has 1 N–H and O–H groups in total. The molecule has 0 atom stereocenters. The molecule has 0 saturated heterocycles. The van der Waals surface area contributed by atoms with Crippen LogP contribution in [0.25, 0.3) is 11.3 Å². The van der Waals surface area contributed by atoms with Gasteiger partial charge >= 0.3 is 5.97 Å². The van der Waals surface area contributed by atoms with Crippen LogP contribution < -0.4 is 4.74 Å². The molecule has 5 nitrogen and oxygen atoms in total. The second-order valence-electron chi connectivity index (χ2n) is 4.07. The number of aryl methyl sites for hydroxylation is 1. The van der Waals surface area contributed by atoms with E-state index < -0.39 is 12.4 Å². The van der Waals surface area contributed by atoms with Crippen molar-refractivity contribution in [2.24, 2.45) is 7.05 Å². The van der Waals surface area contributed by atoms with Crippen molar-refractivity contribution >= 4 is 5.97 Å². The normalized spacial score (nSPS) is 10.8. The van der Waals surface area contributed by atoms with Gasteiger partial charge in [-0.3, -0.25) is 4.68 Å². The van der Waals surface area contributed by atoms with Crippen molar-refractivity contribution < 1.29 is 23.4 Å². The Labute approximate surface area is 113 Å². The number of rotatable bonds is 4. The van der Waals surface area contributed by atoms with Gasteiger partial charge in [0.2, 0.25) is 0 Å². The van der Waals surface area contributed by atoms with Gasteiger partial charge < -0.3 is 9.84 Å². The highest BCUT2D eigenvalue weighted by Gasteiger charge is 2.21. The fourth-order valence-corrected chi connectivity index (χ4v) is 1.98. The molecular formula is C13H12F2N2O3. The second-order valence-corrected chi connectivity index (χ2v) is 4.07. The zero-order valence-electron chi connectivity index (χ0n) is 10.8. The van der Waals surface area contributed by atoms with E-state index in [2.05, 4.69) is 5.10 Å². The first kappa shape index (κ1) is 14.0. The van der Waals surface area contributed by atoms with Gasteiger partial charge in [-0.15, -0.1) is 0 Å². The highest BCUT2D eigenvalue weighted by Crippen LogP contribution is 2.37. The summed E-state index contributed by atoms with van der Waals surface area (Å²) >= 11 is 0. The first-order valence-electron chi connectivity index (χ1n) is 5.68. The molecule has 0 bridgehead atoms. The van der Waals surface area contributed by atoms with E-state index in [9.17, 15) is 13.6 Å². The number of carboxylic acids is 1. The second kappa shape index (κ2) is 5.28. The van der Waals surface area contributed by atoms with E-state index in [0.717, 1.165) is 0 Å². The Morgan fingerprint density at radius 1 is 1.45 bits per heavy atom. The van der Waals surface area contributed by atoms with E-state index in [1.54, 1.807) is 6.07 Å². The predicted octanol–water partition coefficient (Wildman–Crippen LogP) is 2.73. The molecule has 1 aromatic carbocycles. The summed E-state index contributed by atoms with van der Waals surface area (Å²) in [4.78, 5) is 10.9. The third-order valence-corrected chi connectivity index (χ3v) is 2.86. The van der Waals surface area contributed by atoms with Crippen LogP contribution in [-0.4, -0.2) is 28.0 Å². The Morgan fingerprint density at radius 2 is 2.15 bits per heavy atom. The van der Waals surface area contributed by atoms with E-state index in [1.165, 1.54) is 37.0 Å². The summed E-state index contributed by atoms with van der Waals surface area (Å²) in [5.74, 6) is -1.17. The molecule has 0 saturated carbocycles. The van der Waals surface area contributed by atoms with Crippen LogP contribution in [-0.2, 0) is 7.05 Å². The Morgan fingerprint density at radius 3 is 2.65 bits per heavy atom. The number of aromatic carboxylic acids is 1. The summed E-state index contributed by atoms with van der Waals surface area (Å²) < 4.78 is 32.3. The lowest BCUT2D eigenvalue weighted by molar-refractivity contribution is 0.0689. The van der Waals surface area contributed by atoms with E-state index in [1.807, 2.05) is 0 Å². The van der Waals surface area contributed by atoms with Gasteiger partial charge in [0.25, 0.3) is 6.43 Å². The molecule has 0 aliphatic heterocycles. The van der Waals surface area contributed by atoms with Crippen molar-refractivity contribution in [3.05, 3.63) is 35.5 Å². The highest BCUT2D eigenvalue weighted by atomic mass is 19.3. The molecular weight excluding hydrogens is 270 g/mol. The first-order chi connectivity index (χ1) is 9.45. The number of aromatic nitrogens is 2. The van der Waals surface area contributed by atoms with Crippen molar-refractivity contribution in [1.29, 1.82) is 0 Å². The number of carbonyl (C=O) groups is 1. The Balaban J connectivity index is 2.63. The van der Waals surface area contributed by atoms with Crippen LogP contribution >= 0.6 is 0 Å². The number of halogens is 2. The van der Waals surface area contributed by atoms with Crippen LogP contribution in [0.5, 0.6) is 5.75 Å². The van der Waals surface area contributed by atoms with Gasteiger partial charge in [-0.2, -0.15) is 5.10 Å². The quantitative estimate of drug-likeness (QED) is 0.936. The summed E-state index contributed by atoms with van der Waals surface area (Å²) in [6.45, 7) is 0. The lowest BCUT2D eigenvalue weighted by Crippen LogP contribution is -2.00. The molecule has 20 heavy (non-hydrogen) atoms. The van der Waals surface area contributed by atoms with E-state index in [0.29, 0.717) is 11.3 Å². The summed E-state index contributed by atoms with van der Waals surface area (Å²) in [5, 5.41) is 12.7. The smallest absolute Gasteiger partial charge is 0.356 e. The van der Waals surface area contributed by atoms with Gasteiger partial charge in [0, 0.05) is 12.6 Å². The molecule has 0 unspecified atom stereocenters. The van der Waals surface area contributed by atoms with E-state index in [-0.39, 0.29) is 17.0 Å². The monoisotopic (exact) mass is 282 g/mol. The summed E-state index contributed by atoms with van der Waals surface area (Å²) in [7, 11) is 2.83. The zero-order valence-corrected chi connectivity index (χ0v) is 10.8. The van der Waals surface area contributed by atoms with Gasteiger partial charge in [-0.05, 0) is 18.2 Å². The zero-order chi connectivity index (χ0) is 14.9. The molecule has 0 spiro atoms. The molecule has 106 valence electrons. The molecule has 0 aliphatic carbocycles. The van der Waals surface area contributed by atoms with Crippen molar-refractivity contribution in [3.63, 3.8) is 0 Å². The molecule has 0 aliphatic rings. The molecule has 2 aromatic rings. The minimum absolute atomic E-state index is 0.0161. The van der Waals surface area contributed by atoms with Crippen molar-refractivity contribution in [3.8, 4) is 17.0 Å². The highest BCUT2D eigenvalue weighted by molar-refractivity contribution is 5.87. The summed E-state index contributed by atoms with van der Waals surface area (Å²) in [5.41, 5.74) is 0.352. The average molecular weight is 282 g/mol. The third kappa shape index (κ3) is 2.34. The average Bonchev–Trinajstić information content (AvgIpc) is 2.79. The number of carboxylic acid groups (broad SMARTS) is 1. The Hall–Kier alpha value is -2.44. The third-order valence-electron chi connectivity index (χ3n) is 2.86. The van der Waals surface area contributed by atoms with Crippen LogP contribution in [0.15, 0.2) is 24.3 Å². The lowest BCUT2D eigenvalue weighted by Gasteiger charge is -2.13. The summed E-state index contributed by atoms with van der Waals surface area (Å²) in [6, 6.07) is 5.62. The maximum atomic E-state index is 12.9. The standard InChI is InChI=1S/C13H12F2N2O3/c1-17-10(6-9(16-17)13(18)19)7-4-3-5-8(12(14)15)11(7)20-2/h3-6,12H,1-2H3,(H,18,19). The topological polar surface area (TPSA) is 64.3 Å². The van der Waals surface area contributed by atoms with Crippen LogP contribution in [0.1, 0.15) is 22.5 Å². The van der Waals surface area contributed by atoms with Crippen LogP contribution in [0, 0.1) is 0 Å². The maximum Gasteiger partial charge on any atom is 0.356 e. The molecule has 0 radical (unpaired) electrons. The predicted molar refractivity (Wildman–Crippen MR) is 67.1 cm³/mol. The van der Waals surface area contributed by atoms with Crippen molar-refractivity contribution in [1.82, 2.24) is 9.78 Å². The van der Waals surface area contributed by atoms with Crippen molar-refractivity contribution in [2.45, 2.75) is 6.43 Å². The minimum Gasteiger partial charge on any atom is -0.496 e. The maximum absolute atomic E-state index is 12.9. The number of hydrogen-bond acceptors (Lipinski definition) is 3. The molecule has 7 heteroatoms. The number of benzene rings is 1. The van der Waals surface area contributed by atoms with E-state index in [4.69, 9.17) is 9.84 Å². The SMILES string of the molecule is COc1c(-c2cc(C(=O)O)nn2C)cccc1C(F)F. The van der Waals surface area contributed by atoms with Gasteiger partial charge in [0.15, 0.2) is 5.69 Å². The summed E-state index contributed by atoms with van der Waals surface area (Å²) in [6.07, 6.45) is -2.68. The Kier molecular flexibility index (Phi) is 3.69. The molecule has 1 aromatic heterocycles. The Bertz CT molecular complexity index is 653. The molecule has 0 fully saturated rings. The van der Waals surface area contributed by atoms with Gasteiger partial charge in [-0.25, -0.2) is 13.6 Å². The first-order valence-corrected chi connectivity index (χ1v) is 5.68. The molecule has 2 rings (SSSR count). The van der Waals surface area contributed by atoms with Gasteiger partial charge in [0.05, 0.1) is 18.4 Å². The lowest BCUT2D eigenvalue weighted by atomic mass is 10.1. The fraction of sp³-hybridized carbons (Fsp3) is 0.231. The fourth-order valence-electron chi connectivity index (χ4n) is 1.98. The largest absolute Gasteiger partial charge is 0.496 e. The molecule has 0 amide bonds. The van der Waals surface area contributed by atoms with Crippen LogP contribution in [0.3, 0.4) is 0 Å². The van der Waals surface area contributed by atoms with Crippen LogP contribution in [0.4, 0.5) is 8.78 Å². The van der Waals surface area contributed by atoms with Gasteiger partial charge in [-0.1, -0.05) is 6.07 Å². The number of alkyl halides is 2. The number of methoxy groups -OCH3 is 1. The van der Waals surface area contributed by atoms with Crippen molar-refractivity contribution in [2.75, 3.05) is 7.11 Å². The van der Waals surface area contributed by atoms with Crippen LogP contribution in [0.2, 0.25) is 0 Å². The minimum atomic E-state index is -2.68. The number of ether oxygens (including phenoxy) is 1. The van der Waals surface area contributed by atoms with Gasteiger partial charge in [0.1, 0.15) is 5.75 Å². The number of hydrogen-bond donors (Lipinski definition) is 1. The van der Waals surface area contributed by atoms with E-state index >= 15 is 0 Å².